The third-order valence-electron chi connectivity index (χ3n) is 1.15. The maximum Gasteiger partial charge on any atom is 0.226 e. The van der Waals surface area contributed by atoms with Crippen LogP contribution in [-0.2, 0) is 0 Å². The molecule has 0 fully saturated rings. The number of hydrogen-bond donors (Lipinski definition) is 2. The lowest BCUT2D eigenvalue weighted by Crippen LogP contribution is -2.06. The van der Waals surface area contributed by atoms with E-state index in [1.165, 1.54) is 0 Å². The van der Waals surface area contributed by atoms with Gasteiger partial charge in [0.25, 0.3) is 0 Å². The topological polar surface area (TPSA) is 63.8 Å². The van der Waals surface area contributed by atoms with E-state index in [1.54, 1.807) is 6.07 Å². The van der Waals surface area contributed by atoms with Crippen LogP contribution in [0.4, 0.5) is 11.8 Å². The first-order valence-corrected chi connectivity index (χ1v) is 4.62. The Morgan fingerprint density at radius 3 is 2.92 bits per heavy atom. The van der Waals surface area contributed by atoms with Gasteiger partial charge in [0, 0.05) is 11.1 Å². The fourth-order valence-electron chi connectivity index (χ4n) is 0.689. The fourth-order valence-corrected chi connectivity index (χ4v) is 1.16. The van der Waals surface area contributed by atoms with Gasteiger partial charge < -0.3 is 11.1 Å². The molecule has 0 bridgehead atoms. The van der Waals surface area contributed by atoms with Crippen molar-refractivity contribution in [3.8, 4) is 0 Å². The summed E-state index contributed by atoms with van der Waals surface area (Å²) in [6, 6.07) is 1.61. The van der Waals surface area contributed by atoms with E-state index >= 15 is 0 Å². The van der Waals surface area contributed by atoms with Gasteiger partial charge in [-0.15, -0.1) is 0 Å². The monoisotopic (exact) mass is 262 g/mol. The van der Waals surface area contributed by atoms with Crippen LogP contribution in [0.2, 0.25) is 0 Å². The average molecular weight is 264 g/mol. The predicted molar refractivity (Wildman–Crippen MR) is 57.6 cm³/mol. The van der Waals surface area contributed by atoms with E-state index < -0.39 is 0 Å². The number of hydrogen-bond acceptors (Lipinski definition) is 4. The molecule has 0 saturated carbocycles. The minimum Gasteiger partial charge on any atom is -0.383 e. The molecule has 0 aliphatic rings. The minimum absolute atomic E-state index is 0.393. The van der Waals surface area contributed by atoms with Gasteiger partial charge in [0.1, 0.15) is 10.4 Å². The molecule has 0 aliphatic carbocycles. The number of anilines is 2. The third-order valence-corrected chi connectivity index (χ3v) is 1.69. The lowest BCUT2D eigenvalue weighted by molar-refractivity contribution is 1.10. The Hall–Kier alpha value is -0.810. The second-order valence-corrected chi connectivity index (χ2v) is 3.66. The van der Waals surface area contributed by atoms with E-state index in [1.807, 2.05) is 0 Å². The molecule has 0 atom stereocenters. The summed E-state index contributed by atoms with van der Waals surface area (Å²) >= 11 is 8.75. The summed E-state index contributed by atoms with van der Waals surface area (Å²) in [5.74, 6) is 0.818. The Kier molecular flexibility index (Phi) is 3.50. The summed E-state index contributed by atoms with van der Waals surface area (Å²) < 4.78 is 0.627. The Morgan fingerprint density at radius 2 is 2.38 bits per heavy atom. The number of halogens is 2. The molecule has 4 nitrogen and oxygen atoms in total. The summed E-state index contributed by atoms with van der Waals surface area (Å²) in [6.45, 7) is 3.93. The van der Waals surface area contributed by atoms with Gasteiger partial charge in [-0.3, -0.25) is 0 Å². The summed E-state index contributed by atoms with van der Waals surface area (Å²) in [7, 11) is 0. The number of nitrogens with one attached hydrogen (secondary N) is 1. The quantitative estimate of drug-likeness (QED) is 0.819. The van der Waals surface area contributed by atoms with Gasteiger partial charge in [-0.25, -0.2) is 4.98 Å². The molecule has 3 N–H and O–H groups in total. The highest BCUT2D eigenvalue weighted by Gasteiger charge is 1.99. The Labute approximate surface area is 89.3 Å². The second kappa shape index (κ2) is 4.43. The molecule has 1 heterocycles. The Balaban J connectivity index is 2.71. The fraction of sp³-hybridized carbons (Fsp3) is 0.143. The van der Waals surface area contributed by atoms with E-state index in [-0.39, 0.29) is 0 Å². The van der Waals surface area contributed by atoms with Gasteiger partial charge in [0.05, 0.1) is 6.54 Å². The molecule has 0 aromatic carbocycles. The molecule has 0 amide bonds. The van der Waals surface area contributed by atoms with Crippen molar-refractivity contribution in [2.45, 2.75) is 0 Å². The largest absolute Gasteiger partial charge is 0.383 e. The van der Waals surface area contributed by atoms with Crippen LogP contribution in [0.3, 0.4) is 0 Å². The van der Waals surface area contributed by atoms with Crippen LogP contribution < -0.4 is 11.1 Å². The van der Waals surface area contributed by atoms with Crippen molar-refractivity contribution in [2.24, 2.45) is 0 Å². The highest BCUT2D eigenvalue weighted by Crippen LogP contribution is 2.12. The molecular formula is C7H8BrClN4. The van der Waals surface area contributed by atoms with Crippen LogP contribution in [-0.4, -0.2) is 16.5 Å². The molecule has 0 aliphatic heterocycles. The molecule has 0 unspecified atom stereocenters. The number of nitrogen functional groups attached to an aromatic ring is 1. The van der Waals surface area contributed by atoms with Gasteiger partial charge in [-0.1, -0.05) is 18.2 Å². The molecule has 0 saturated heterocycles. The molecular weight excluding hydrogens is 255 g/mol. The molecule has 1 rings (SSSR count). The smallest absolute Gasteiger partial charge is 0.226 e. The van der Waals surface area contributed by atoms with Crippen LogP contribution in [0.25, 0.3) is 0 Å². The van der Waals surface area contributed by atoms with Crippen molar-refractivity contribution in [3.05, 3.63) is 22.3 Å². The van der Waals surface area contributed by atoms with Crippen molar-refractivity contribution < 1.29 is 0 Å². The number of rotatable bonds is 3. The zero-order valence-electron chi connectivity index (χ0n) is 6.72. The maximum atomic E-state index is 5.55. The molecule has 0 spiro atoms. The van der Waals surface area contributed by atoms with E-state index in [0.29, 0.717) is 27.9 Å². The van der Waals surface area contributed by atoms with Crippen LogP contribution in [0, 0.1) is 0 Å². The summed E-state index contributed by atoms with van der Waals surface area (Å²) in [5, 5.41) is 3.35. The lowest BCUT2D eigenvalue weighted by Gasteiger charge is -2.03. The minimum atomic E-state index is 0.393. The molecule has 0 radical (unpaired) electrons. The van der Waals surface area contributed by atoms with E-state index in [2.05, 4.69) is 37.8 Å². The third kappa shape index (κ3) is 3.61. The summed E-state index contributed by atoms with van der Waals surface area (Å²) in [4.78, 5) is 7.95. The Bertz CT molecular complexity index is 308. The first-order chi connectivity index (χ1) is 6.08. The van der Waals surface area contributed by atoms with Gasteiger partial charge in [0.2, 0.25) is 5.95 Å². The van der Waals surface area contributed by atoms with Crippen molar-refractivity contribution >= 4 is 39.3 Å². The van der Waals surface area contributed by atoms with Gasteiger partial charge in [0.15, 0.2) is 0 Å². The first-order valence-electron chi connectivity index (χ1n) is 3.45. The molecule has 1 aromatic heterocycles. The zero-order chi connectivity index (χ0) is 9.84. The van der Waals surface area contributed by atoms with Crippen LogP contribution in [0.15, 0.2) is 22.3 Å². The van der Waals surface area contributed by atoms with Gasteiger partial charge in [-0.05, 0) is 15.9 Å². The average Bonchev–Trinajstić information content (AvgIpc) is 1.99. The van der Waals surface area contributed by atoms with Crippen molar-refractivity contribution in [3.63, 3.8) is 0 Å². The second-order valence-electron chi connectivity index (χ2n) is 2.31. The molecule has 6 heteroatoms. The predicted octanol–water partition coefficient (Wildman–Crippen LogP) is 1.99. The maximum absolute atomic E-state index is 5.55. The zero-order valence-corrected chi connectivity index (χ0v) is 9.06. The number of nitrogens with zero attached hydrogens (tertiary/aromatic N) is 2. The lowest BCUT2D eigenvalue weighted by atomic mass is 10.6. The molecule has 70 valence electrons. The van der Waals surface area contributed by atoms with Crippen LogP contribution >= 0.6 is 27.5 Å². The SMILES string of the molecule is C=C(Cl)CNc1nc(N)cc(Br)n1. The summed E-state index contributed by atoms with van der Waals surface area (Å²) in [5.41, 5.74) is 5.49. The normalized spacial score (nSPS) is 9.69. The molecule has 13 heavy (non-hydrogen) atoms. The van der Waals surface area contributed by atoms with Crippen LogP contribution in [0.5, 0.6) is 0 Å². The molecule has 1 aromatic rings. The van der Waals surface area contributed by atoms with E-state index in [9.17, 15) is 0 Å². The van der Waals surface area contributed by atoms with Gasteiger partial charge in [-0.2, -0.15) is 4.98 Å². The highest BCUT2D eigenvalue weighted by atomic mass is 79.9. The van der Waals surface area contributed by atoms with Crippen LogP contribution in [0.1, 0.15) is 0 Å². The van der Waals surface area contributed by atoms with Crippen molar-refractivity contribution in [1.82, 2.24) is 9.97 Å². The first kappa shape index (κ1) is 10.3. The van der Waals surface area contributed by atoms with Crippen molar-refractivity contribution in [1.29, 1.82) is 0 Å². The number of nitrogens with two attached hydrogens (primary N) is 1. The standard InChI is InChI=1S/C7H8BrClN4/c1-4(9)3-11-7-12-5(8)2-6(10)13-7/h2H,1,3H2,(H3,10,11,12,13). The van der Waals surface area contributed by atoms with Crippen molar-refractivity contribution in [2.75, 3.05) is 17.6 Å². The number of aromatic nitrogens is 2. The Morgan fingerprint density at radius 1 is 1.69 bits per heavy atom. The van der Waals surface area contributed by atoms with Gasteiger partial charge >= 0.3 is 0 Å². The summed E-state index contributed by atoms with van der Waals surface area (Å²) in [6.07, 6.45) is 0. The van der Waals surface area contributed by atoms with E-state index in [4.69, 9.17) is 17.3 Å². The van der Waals surface area contributed by atoms with E-state index in [0.717, 1.165) is 0 Å². The highest BCUT2D eigenvalue weighted by molar-refractivity contribution is 9.10.